The van der Waals surface area contributed by atoms with Crippen molar-refractivity contribution in [3.05, 3.63) is 17.0 Å². The number of rotatable bonds is 1. The second kappa shape index (κ2) is 2.33. The molecule has 2 unspecified atom stereocenters. The van der Waals surface area contributed by atoms with Crippen LogP contribution in [0.2, 0.25) is 0 Å². The molecule has 0 N–H and O–H groups in total. The van der Waals surface area contributed by atoms with Crippen LogP contribution < -0.4 is 0 Å². The molecule has 0 aliphatic heterocycles. The zero-order chi connectivity index (χ0) is 6.85. The first kappa shape index (κ1) is 6.52. The molecule has 0 aromatic rings. The van der Waals surface area contributed by atoms with Crippen molar-refractivity contribution in [2.75, 3.05) is 0 Å². The van der Waals surface area contributed by atoms with Gasteiger partial charge in [0, 0.05) is 17.3 Å². The lowest BCUT2D eigenvalue weighted by Crippen LogP contribution is -2.21. The van der Waals surface area contributed by atoms with Gasteiger partial charge in [0.05, 0.1) is 0 Å². The highest BCUT2D eigenvalue weighted by atomic mass is 16.6. The van der Waals surface area contributed by atoms with Gasteiger partial charge in [-0.1, -0.05) is 0 Å². The van der Waals surface area contributed by atoms with E-state index in [4.69, 9.17) is 0 Å². The summed E-state index contributed by atoms with van der Waals surface area (Å²) in [6, 6.07) is -0.356. The first-order valence-corrected chi connectivity index (χ1v) is 3.18. The summed E-state index contributed by atoms with van der Waals surface area (Å²) in [5.74, 6) is 0.0556. The van der Waals surface area contributed by atoms with Gasteiger partial charge in [-0.2, -0.15) is 0 Å². The quantitative estimate of drug-likeness (QED) is 0.394. The largest absolute Gasteiger partial charge is 0.264 e. The third-order valence-corrected chi connectivity index (χ3v) is 1.89. The molecule has 1 aliphatic rings. The molecule has 51 valence electrons. The third-order valence-electron chi connectivity index (χ3n) is 1.89. The maximum atomic E-state index is 10.2. The zero-order valence-electron chi connectivity index (χ0n) is 5.25. The van der Waals surface area contributed by atoms with E-state index in [0.717, 1.165) is 19.3 Å². The van der Waals surface area contributed by atoms with Crippen molar-refractivity contribution >= 4 is 0 Å². The summed E-state index contributed by atoms with van der Waals surface area (Å²) in [6.07, 6.45) is 2.62. The molecule has 1 rings (SSSR count). The van der Waals surface area contributed by atoms with Crippen LogP contribution in [0.1, 0.15) is 19.3 Å². The minimum atomic E-state index is -0.356. The molecule has 3 heteroatoms. The molecule has 2 atom stereocenters. The SMILES string of the molecule is [CH2]C1CCCC1[N+](=O)[O-]. The van der Waals surface area contributed by atoms with Crippen LogP contribution in [0.15, 0.2) is 0 Å². The zero-order valence-corrected chi connectivity index (χ0v) is 5.25. The summed E-state index contributed by atoms with van der Waals surface area (Å²) in [6.45, 7) is 3.70. The van der Waals surface area contributed by atoms with Crippen molar-refractivity contribution in [1.82, 2.24) is 0 Å². The monoisotopic (exact) mass is 128 g/mol. The molecule has 9 heavy (non-hydrogen) atoms. The summed E-state index contributed by atoms with van der Waals surface area (Å²) in [7, 11) is 0. The van der Waals surface area contributed by atoms with Gasteiger partial charge in [0.1, 0.15) is 0 Å². The number of hydrogen-bond acceptors (Lipinski definition) is 2. The molecule has 0 spiro atoms. The fourth-order valence-electron chi connectivity index (χ4n) is 1.29. The van der Waals surface area contributed by atoms with E-state index in [1.54, 1.807) is 0 Å². The van der Waals surface area contributed by atoms with Gasteiger partial charge < -0.3 is 0 Å². The van der Waals surface area contributed by atoms with Crippen molar-refractivity contribution in [3.63, 3.8) is 0 Å². The lowest BCUT2D eigenvalue weighted by atomic mass is 10.1. The Morgan fingerprint density at radius 3 is 2.44 bits per heavy atom. The summed E-state index contributed by atoms with van der Waals surface area (Å²) < 4.78 is 0. The molecule has 0 aromatic carbocycles. The maximum Gasteiger partial charge on any atom is 0.215 e. The molecule has 1 radical (unpaired) electrons. The topological polar surface area (TPSA) is 43.1 Å². The van der Waals surface area contributed by atoms with Crippen molar-refractivity contribution in [2.24, 2.45) is 5.92 Å². The van der Waals surface area contributed by atoms with Crippen LogP contribution in [0, 0.1) is 23.0 Å². The van der Waals surface area contributed by atoms with Gasteiger partial charge in [-0.25, -0.2) is 0 Å². The Morgan fingerprint density at radius 1 is 1.56 bits per heavy atom. The van der Waals surface area contributed by atoms with Gasteiger partial charge >= 0.3 is 0 Å². The highest BCUT2D eigenvalue weighted by Crippen LogP contribution is 2.26. The van der Waals surface area contributed by atoms with Crippen molar-refractivity contribution in [2.45, 2.75) is 25.3 Å². The van der Waals surface area contributed by atoms with E-state index in [-0.39, 0.29) is 16.9 Å². The Labute approximate surface area is 54.2 Å². The normalized spacial score (nSPS) is 34.8. The van der Waals surface area contributed by atoms with Crippen LogP contribution in [-0.4, -0.2) is 11.0 Å². The van der Waals surface area contributed by atoms with Crippen LogP contribution in [-0.2, 0) is 0 Å². The fourth-order valence-corrected chi connectivity index (χ4v) is 1.29. The average Bonchev–Trinajstić information content (AvgIpc) is 2.13. The van der Waals surface area contributed by atoms with Crippen LogP contribution in [0.3, 0.4) is 0 Å². The minimum Gasteiger partial charge on any atom is -0.264 e. The fraction of sp³-hybridized carbons (Fsp3) is 0.833. The molecule has 0 aromatic heterocycles. The first-order chi connectivity index (χ1) is 4.22. The van der Waals surface area contributed by atoms with Gasteiger partial charge in [0.15, 0.2) is 0 Å². The maximum absolute atomic E-state index is 10.2. The summed E-state index contributed by atoms with van der Waals surface area (Å²) in [5, 5.41) is 10.2. The molecule has 0 saturated heterocycles. The third kappa shape index (κ3) is 1.20. The predicted octanol–water partition coefficient (Wildman–Crippen LogP) is 1.27. The van der Waals surface area contributed by atoms with E-state index in [0.29, 0.717) is 0 Å². The van der Waals surface area contributed by atoms with Crippen LogP contribution in [0.5, 0.6) is 0 Å². The highest BCUT2D eigenvalue weighted by Gasteiger charge is 2.32. The molecular formula is C6H10NO2. The Bertz CT molecular complexity index is 124. The summed E-state index contributed by atoms with van der Waals surface area (Å²) in [5.41, 5.74) is 0. The van der Waals surface area contributed by atoms with E-state index in [1.165, 1.54) is 0 Å². The van der Waals surface area contributed by atoms with Crippen molar-refractivity contribution in [1.29, 1.82) is 0 Å². The van der Waals surface area contributed by atoms with E-state index >= 15 is 0 Å². The van der Waals surface area contributed by atoms with Crippen LogP contribution in [0.4, 0.5) is 0 Å². The van der Waals surface area contributed by atoms with E-state index in [9.17, 15) is 10.1 Å². The smallest absolute Gasteiger partial charge is 0.215 e. The highest BCUT2D eigenvalue weighted by molar-refractivity contribution is 4.78. The molecule has 3 nitrogen and oxygen atoms in total. The molecular weight excluding hydrogens is 118 g/mol. The number of hydrogen-bond donors (Lipinski definition) is 0. The average molecular weight is 128 g/mol. The van der Waals surface area contributed by atoms with Gasteiger partial charge in [0.2, 0.25) is 6.04 Å². The Hall–Kier alpha value is -0.600. The molecule has 1 fully saturated rings. The Kier molecular flexibility index (Phi) is 1.69. The van der Waals surface area contributed by atoms with Crippen LogP contribution >= 0.6 is 0 Å². The number of nitro groups is 1. The van der Waals surface area contributed by atoms with E-state index < -0.39 is 0 Å². The molecule has 0 bridgehead atoms. The van der Waals surface area contributed by atoms with Crippen LogP contribution in [0.25, 0.3) is 0 Å². The first-order valence-electron chi connectivity index (χ1n) is 3.18. The van der Waals surface area contributed by atoms with Gasteiger partial charge in [0.25, 0.3) is 0 Å². The summed E-state index contributed by atoms with van der Waals surface area (Å²) in [4.78, 5) is 9.97. The Morgan fingerprint density at radius 2 is 2.22 bits per heavy atom. The van der Waals surface area contributed by atoms with Crippen molar-refractivity contribution in [3.8, 4) is 0 Å². The van der Waals surface area contributed by atoms with Crippen molar-refractivity contribution < 1.29 is 4.92 Å². The van der Waals surface area contributed by atoms with Gasteiger partial charge in [-0.3, -0.25) is 10.1 Å². The lowest BCUT2D eigenvalue weighted by molar-refractivity contribution is -0.526. The number of nitrogens with zero attached hydrogens (tertiary/aromatic N) is 1. The standard InChI is InChI=1S/C6H10NO2/c1-5-3-2-4-6(5)7(8)9/h5-6H,1-4H2. The molecule has 0 heterocycles. The van der Waals surface area contributed by atoms with Gasteiger partial charge in [-0.15, -0.1) is 0 Å². The van der Waals surface area contributed by atoms with E-state index in [2.05, 4.69) is 6.92 Å². The molecule has 1 aliphatic carbocycles. The lowest BCUT2D eigenvalue weighted by Gasteiger charge is -2.04. The minimum absolute atomic E-state index is 0.0556. The predicted molar refractivity (Wildman–Crippen MR) is 33.5 cm³/mol. The Balaban J connectivity index is 2.49. The summed E-state index contributed by atoms with van der Waals surface area (Å²) >= 11 is 0. The molecule has 1 saturated carbocycles. The van der Waals surface area contributed by atoms with Gasteiger partial charge in [-0.05, 0) is 19.8 Å². The second-order valence-corrected chi connectivity index (χ2v) is 2.54. The second-order valence-electron chi connectivity index (χ2n) is 2.54. The molecule has 0 amide bonds. The van der Waals surface area contributed by atoms with E-state index in [1.807, 2.05) is 0 Å².